The molecule has 0 fully saturated rings. The first-order valence-corrected chi connectivity index (χ1v) is 6.10. The van der Waals surface area contributed by atoms with E-state index in [0.29, 0.717) is 15.7 Å². The number of aldehydes is 1. The molecule has 0 amide bonds. The maximum absolute atomic E-state index is 11.0. The first-order chi connectivity index (χ1) is 8.20. The van der Waals surface area contributed by atoms with Crippen LogP contribution in [0.1, 0.15) is 15.9 Å². The molecule has 1 aromatic carbocycles. The third-order valence-corrected chi connectivity index (χ3v) is 3.39. The minimum absolute atomic E-state index is 0.442. The van der Waals surface area contributed by atoms with Crippen molar-refractivity contribution in [3.63, 3.8) is 0 Å². The van der Waals surface area contributed by atoms with Crippen LogP contribution in [0.15, 0.2) is 40.6 Å². The number of rotatable bonds is 3. The lowest BCUT2D eigenvalue weighted by Gasteiger charge is -2.04. The maximum atomic E-state index is 11.0. The molecule has 1 heterocycles. The molecule has 17 heavy (non-hydrogen) atoms. The van der Waals surface area contributed by atoms with Gasteiger partial charge in [-0.05, 0) is 36.4 Å². The fourth-order valence-electron chi connectivity index (χ4n) is 1.25. The molecule has 0 spiro atoms. The van der Waals surface area contributed by atoms with E-state index in [9.17, 15) is 4.79 Å². The summed E-state index contributed by atoms with van der Waals surface area (Å²) in [6.45, 7) is 1.92. The Bertz CT molecular complexity index is 543. The molecule has 0 unspecified atom stereocenters. The molecule has 0 saturated heterocycles. The number of aromatic nitrogens is 2. The van der Waals surface area contributed by atoms with E-state index < -0.39 is 0 Å². The fraction of sp³-hybridized carbons (Fsp3) is 0.0833. The highest BCUT2D eigenvalue weighted by Crippen LogP contribution is 2.30. The quantitative estimate of drug-likeness (QED) is 0.629. The standard InChI is InChI=1S/C12H9ClN2OS/c1-8-5-14-12(15-6-8)17-11-4-2-3-10(13)9(11)7-16/h2-7H,1H3. The van der Waals surface area contributed by atoms with Crippen molar-refractivity contribution in [2.75, 3.05) is 0 Å². The number of aryl methyl sites for hydroxylation is 1. The predicted octanol–water partition coefficient (Wildman–Crippen LogP) is 3.40. The van der Waals surface area contributed by atoms with Crippen LogP contribution in [0.2, 0.25) is 5.02 Å². The van der Waals surface area contributed by atoms with Crippen LogP contribution >= 0.6 is 23.4 Å². The van der Waals surface area contributed by atoms with E-state index in [1.54, 1.807) is 24.5 Å². The first kappa shape index (κ1) is 12.1. The molecule has 3 nitrogen and oxygen atoms in total. The van der Waals surface area contributed by atoms with Crippen molar-refractivity contribution in [2.45, 2.75) is 17.0 Å². The zero-order valence-corrected chi connectivity index (χ0v) is 10.6. The molecule has 0 saturated carbocycles. The lowest BCUT2D eigenvalue weighted by atomic mass is 10.2. The van der Waals surface area contributed by atoms with Crippen molar-refractivity contribution in [2.24, 2.45) is 0 Å². The number of carbonyl (C=O) groups excluding carboxylic acids is 1. The number of halogens is 1. The molecule has 0 bridgehead atoms. The van der Waals surface area contributed by atoms with Gasteiger partial charge in [0.2, 0.25) is 0 Å². The van der Waals surface area contributed by atoms with Crippen molar-refractivity contribution in [1.29, 1.82) is 0 Å². The van der Waals surface area contributed by atoms with Crippen molar-refractivity contribution in [1.82, 2.24) is 9.97 Å². The van der Waals surface area contributed by atoms with E-state index in [-0.39, 0.29) is 0 Å². The van der Waals surface area contributed by atoms with E-state index >= 15 is 0 Å². The number of benzene rings is 1. The van der Waals surface area contributed by atoms with Gasteiger partial charge in [-0.1, -0.05) is 17.7 Å². The average molecular weight is 265 g/mol. The summed E-state index contributed by atoms with van der Waals surface area (Å²) in [7, 11) is 0. The summed E-state index contributed by atoms with van der Waals surface area (Å²) in [5.41, 5.74) is 1.47. The van der Waals surface area contributed by atoms with Gasteiger partial charge in [0.1, 0.15) is 0 Å². The molecule has 0 aliphatic rings. The van der Waals surface area contributed by atoms with Crippen LogP contribution < -0.4 is 0 Å². The molecule has 0 aliphatic carbocycles. The summed E-state index contributed by atoms with van der Waals surface area (Å²) in [5.74, 6) is 0. The molecule has 2 aromatic rings. The van der Waals surface area contributed by atoms with Gasteiger partial charge in [-0.25, -0.2) is 9.97 Å². The third-order valence-electron chi connectivity index (χ3n) is 2.09. The van der Waals surface area contributed by atoms with Crippen LogP contribution in [0, 0.1) is 6.92 Å². The van der Waals surface area contributed by atoms with Gasteiger partial charge >= 0.3 is 0 Å². The Labute approximate surface area is 108 Å². The van der Waals surface area contributed by atoms with Gasteiger partial charge in [0, 0.05) is 22.9 Å². The second kappa shape index (κ2) is 5.29. The molecule has 0 N–H and O–H groups in total. The molecule has 0 radical (unpaired) electrons. The van der Waals surface area contributed by atoms with E-state index in [2.05, 4.69) is 9.97 Å². The van der Waals surface area contributed by atoms with Gasteiger partial charge in [-0.15, -0.1) is 0 Å². The Kier molecular flexibility index (Phi) is 3.76. The summed E-state index contributed by atoms with van der Waals surface area (Å²) in [4.78, 5) is 20.1. The number of hydrogen-bond donors (Lipinski definition) is 0. The molecule has 1 aromatic heterocycles. The molecule has 0 atom stereocenters. The zero-order chi connectivity index (χ0) is 12.3. The Morgan fingerprint density at radius 1 is 1.29 bits per heavy atom. The van der Waals surface area contributed by atoms with Gasteiger partial charge in [-0.3, -0.25) is 4.79 Å². The van der Waals surface area contributed by atoms with Crippen LogP contribution in [-0.4, -0.2) is 16.3 Å². The van der Waals surface area contributed by atoms with E-state index in [0.717, 1.165) is 16.7 Å². The van der Waals surface area contributed by atoms with Crippen molar-refractivity contribution in [3.8, 4) is 0 Å². The fourth-order valence-corrected chi connectivity index (χ4v) is 2.35. The highest BCUT2D eigenvalue weighted by Gasteiger charge is 2.08. The lowest BCUT2D eigenvalue weighted by molar-refractivity contribution is 0.112. The summed E-state index contributed by atoms with van der Waals surface area (Å²) < 4.78 is 0. The molecule has 0 aliphatic heterocycles. The van der Waals surface area contributed by atoms with Crippen LogP contribution in [0.25, 0.3) is 0 Å². The Morgan fingerprint density at radius 3 is 2.65 bits per heavy atom. The van der Waals surface area contributed by atoms with Gasteiger partial charge in [0.25, 0.3) is 0 Å². The topological polar surface area (TPSA) is 42.9 Å². The molecule has 86 valence electrons. The van der Waals surface area contributed by atoms with E-state index in [1.807, 2.05) is 13.0 Å². The van der Waals surface area contributed by atoms with Crippen LogP contribution in [0.5, 0.6) is 0 Å². The van der Waals surface area contributed by atoms with E-state index in [4.69, 9.17) is 11.6 Å². The van der Waals surface area contributed by atoms with Gasteiger partial charge in [0.15, 0.2) is 11.4 Å². The van der Waals surface area contributed by atoms with Crippen LogP contribution in [-0.2, 0) is 0 Å². The van der Waals surface area contributed by atoms with Gasteiger partial charge in [-0.2, -0.15) is 0 Å². The minimum atomic E-state index is 0.442. The summed E-state index contributed by atoms with van der Waals surface area (Å²) in [5, 5.41) is 1.04. The zero-order valence-electron chi connectivity index (χ0n) is 9.05. The van der Waals surface area contributed by atoms with E-state index in [1.165, 1.54) is 11.8 Å². The van der Waals surface area contributed by atoms with Crippen molar-refractivity contribution < 1.29 is 4.79 Å². The predicted molar refractivity (Wildman–Crippen MR) is 67.7 cm³/mol. The second-order valence-electron chi connectivity index (χ2n) is 3.41. The Balaban J connectivity index is 2.33. The van der Waals surface area contributed by atoms with Crippen molar-refractivity contribution >= 4 is 29.6 Å². The normalized spacial score (nSPS) is 10.2. The highest BCUT2D eigenvalue weighted by molar-refractivity contribution is 7.99. The minimum Gasteiger partial charge on any atom is -0.298 e. The second-order valence-corrected chi connectivity index (χ2v) is 4.83. The molecule has 2 rings (SSSR count). The Morgan fingerprint density at radius 2 is 2.00 bits per heavy atom. The summed E-state index contributed by atoms with van der Waals surface area (Å²) in [6.07, 6.45) is 4.22. The largest absolute Gasteiger partial charge is 0.298 e. The van der Waals surface area contributed by atoms with Gasteiger partial charge < -0.3 is 0 Å². The number of hydrogen-bond acceptors (Lipinski definition) is 4. The maximum Gasteiger partial charge on any atom is 0.192 e. The number of nitrogens with zero attached hydrogens (tertiary/aromatic N) is 2. The third kappa shape index (κ3) is 2.84. The summed E-state index contributed by atoms with van der Waals surface area (Å²) >= 11 is 7.26. The average Bonchev–Trinajstić information content (AvgIpc) is 2.32. The monoisotopic (exact) mass is 264 g/mol. The van der Waals surface area contributed by atoms with Crippen molar-refractivity contribution in [3.05, 3.63) is 46.7 Å². The van der Waals surface area contributed by atoms with Gasteiger partial charge in [0.05, 0.1) is 5.02 Å². The SMILES string of the molecule is Cc1cnc(Sc2cccc(Cl)c2C=O)nc1. The van der Waals surface area contributed by atoms with Crippen LogP contribution in [0.4, 0.5) is 0 Å². The Hall–Kier alpha value is -1.39. The molecular formula is C12H9ClN2OS. The molecular weight excluding hydrogens is 256 g/mol. The molecule has 5 heteroatoms. The highest BCUT2D eigenvalue weighted by atomic mass is 35.5. The summed E-state index contributed by atoms with van der Waals surface area (Å²) in [6, 6.07) is 5.31. The lowest BCUT2D eigenvalue weighted by Crippen LogP contribution is -1.90. The smallest absolute Gasteiger partial charge is 0.192 e. The number of carbonyl (C=O) groups is 1. The first-order valence-electron chi connectivity index (χ1n) is 4.91. The van der Waals surface area contributed by atoms with Crippen LogP contribution in [0.3, 0.4) is 0 Å².